The van der Waals surface area contributed by atoms with Crippen LogP contribution in [0.4, 0.5) is 11.8 Å². The predicted octanol–water partition coefficient (Wildman–Crippen LogP) is 3.10. The van der Waals surface area contributed by atoms with E-state index >= 15 is 0 Å². The van der Waals surface area contributed by atoms with Gasteiger partial charge in [0.2, 0.25) is 5.95 Å². The van der Waals surface area contributed by atoms with Gasteiger partial charge in [0.1, 0.15) is 17.1 Å². The summed E-state index contributed by atoms with van der Waals surface area (Å²) in [5.41, 5.74) is 2.21. The average molecular weight is 399 g/mol. The van der Waals surface area contributed by atoms with Gasteiger partial charge < -0.3 is 19.6 Å². The summed E-state index contributed by atoms with van der Waals surface area (Å²) in [6.07, 6.45) is 6.26. The van der Waals surface area contributed by atoms with E-state index in [2.05, 4.69) is 20.4 Å². The number of aryl methyl sites for hydroxylation is 3. The van der Waals surface area contributed by atoms with Crippen molar-refractivity contribution < 1.29 is 9.32 Å². The molecule has 0 aromatic carbocycles. The van der Waals surface area contributed by atoms with Gasteiger partial charge in [-0.25, -0.2) is 4.98 Å². The minimum atomic E-state index is -0.000535. The molecule has 2 aliphatic rings. The van der Waals surface area contributed by atoms with Gasteiger partial charge in [-0.05, 0) is 33.6 Å². The van der Waals surface area contributed by atoms with E-state index < -0.39 is 0 Å². The van der Waals surface area contributed by atoms with Crippen LogP contribution in [-0.2, 0) is 0 Å². The van der Waals surface area contributed by atoms with Gasteiger partial charge in [0.25, 0.3) is 5.91 Å². The number of nitrogens with one attached hydrogen (secondary N) is 1. The molecule has 0 radical (unpaired) electrons. The molecule has 4 rings (SSSR count). The summed E-state index contributed by atoms with van der Waals surface area (Å²) >= 11 is 0. The molecule has 1 N–H and O–H groups in total. The number of carbonyl (C=O) groups excluding carboxylic acids is 1. The van der Waals surface area contributed by atoms with E-state index in [0.717, 1.165) is 30.5 Å². The van der Waals surface area contributed by atoms with E-state index in [4.69, 9.17) is 9.51 Å². The SMILES string of the molecule is Cc1cc(N2CCN(C(=O)c3c(C)noc3C)CC2)nc(NC2CCCCC2)n1. The Bertz CT molecular complexity index is 847. The summed E-state index contributed by atoms with van der Waals surface area (Å²) in [5.74, 6) is 2.24. The number of hydrogen-bond acceptors (Lipinski definition) is 7. The number of rotatable bonds is 4. The summed E-state index contributed by atoms with van der Waals surface area (Å²) < 4.78 is 5.15. The van der Waals surface area contributed by atoms with Crippen molar-refractivity contribution in [3.05, 3.63) is 28.8 Å². The van der Waals surface area contributed by atoms with Crippen molar-refractivity contribution in [2.45, 2.75) is 58.9 Å². The maximum absolute atomic E-state index is 12.8. The first-order chi connectivity index (χ1) is 14.0. The van der Waals surface area contributed by atoms with Crippen LogP contribution in [-0.4, -0.2) is 58.2 Å². The van der Waals surface area contributed by atoms with Crippen LogP contribution in [0.2, 0.25) is 0 Å². The van der Waals surface area contributed by atoms with Gasteiger partial charge in [0.15, 0.2) is 0 Å². The van der Waals surface area contributed by atoms with E-state index in [1.807, 2.05) is 24.8 Å². The van der Waals surface area contributed by atoms with Gasteiger partial charge in [-0.3, -0.25) is 4.79 Å². The fourth-order valence-electron chi connectivity index (χ4n) is 4.29. The zero-order valence-electron chi connectivity index (χ0n) is 17.6. The smallest absolute Gasteiger partial charge is 0.259 e. The topological polar surface area (TPSA) is 87.4 Å². The zero-order valence-corrected chi connectivity index (χ0v) is 17.6. The van der Waals surface area contributed by atoms with Gasteiger partial charge >= 0.3 is 0 Å². The minimum Gasteiger partial charge on any atom is -0.361 e. The molecule has 1 aliphatic carbocycles. The molecule has 0 bridgehead atoms. The highest BCUT2D eigenvalue weighted by Crippen LogP contribution is 2.23. The van der Waals surface area contributed by atoms with Crippen molar-refractivity contribution in [2.24, 2.45) is 0 Å². The van der Waals surface area contributed by atoms with Gasteiger partial charge in [0.05, 0.1) is 5.69 Å². The monoisotopic (exact) mass is 398 g/mol. The normalized spacial score (nSPS) is 18.2. The lowest BCUT2D eigenvalue weighted by Gasteiger charge is -2.35. The summed E-state index contributed by atoms with van der Waals surface area (Å²) in [4.78, 5) is 26.3. The van der Waals surface area contributed by atoms with Crippen LogP contribution in [0.15, 0.2) is 10.6 Å². The molecule has 0 spiro atoms. The van der Waals surface area contributed by atoms with Crippen LogP contribution in [0, 0.1) is 20.8 Å². The molecule has 8 nitrogen and oxygen atoms in total. The van der Waals surface area contributed by atoms with Crippen LogP contribution in [0.3, 0.4) is 0 Å². The first kappa shape index (κ1) is 19.7. The Morgan fingerprint density at radius 3 is 2.45 bits per heavy atom. The number of aromatic nitrogens is 3. The summed E-state index contributed by atoms with van der Waals surface area (Å²) in [5, 5.41) is 7.43. The molecule has 2 fully saturated rings. The number of nitrogens with zero attached hydrogens (tertiary/aromatic N) is 5. The summed E-state index contributed by atoms with van der Waals surface area (Å²) in [6, 6.07) is 2.50. The number of piperazine rings is 1. The molecule has 1 amide bonds. The first-order valence-corrected chi connectivity index (χ1v) is 10.6. The molecule has 1 saturated heterocycles. The minimum absolute atomic E-state index is 0.000535. The molecular formula is C21H30N6O2. The summed E-state index contributed by atoms with van der Waals surface area (Å²) in [7, 11) is 0. The highest BCUT2D eigenvalue weighted by atomic mass is 16.5. The van der Waals surface area contributed by atoms with Crippen molar-refractivity contribution in [2.75, 3.05) is 36.4 Å². The van der Waals surface area contributed by atoms with E-state index in [-0.39, 0.29) is 5.91 Å². The van der Waals surface area contributed by atoms with Crippen LogP contribution >= 0.6 is 0 Å². The van der Waals surface area contributed by atoms with Gasteiger partial charge in [-0.2, -0.15) is 4.98 Å². The lowest BCUT2D eigenvalue weighted by atomic mass is 9.96. The quantitative estimate of drug-likeness (QED) is 0.847. The van der Waals surface area contributed by atoms with Gasteiger partial charge in [0, 0.05) is 44.0 Å². The third-order valence-corrected chi connectivity index (χ3v) is 5.92. The van der Waals surface area contributed by atoms with Crippen LogP contribution in [0.25, 0.3) is 0 Å². The fourth-order valence-corrected chi connectivity index (χ4v) is 4.29. The second kappa shape index (κ2) is 8.39. The highest BCUT2D eigenvalue weighted by molar-refractivity contribution is 5.96. The molecule has 8 heteroatoms. The van der Waals surface area contributed by atoms with Crippen molar-refractivity contribution in [3.63, 3.8) is 0 Å². The number of amides is 1. The van der Waals surface area contributed by atoms with E-state index in [0.29, 0.717) is 36.1 Å². The van der Waals surface area contributed by atoms with Crippen molar-refractivity contribution in [3.8, 4) is 0 Å². The van der Waals surface area contributed by atoms with Crippen LogP contribution in [0.5, 0.6) is 0 Å². The first-order valence-electron chi connectivity index (χ1n) is 10.6. The molecular weight excluding hydrogens is 368 g/mol. The Morgan fingerprint density at radius 2 is 1.79 bits per heavy atom. The van der Waals surface area contributed by atoms with Crippen molar-refractivity contribution in [1.29, 1.82) is 0 Å². The van der Waals surface area contributed by atoms with E-state index in [1.54, 1.807) is 6.92 Å². The number of hydrogen-bond donors (Lipinski definition) is 1. The molecule has 1 saturated carbocycles. The number of carbonyl (C=O) groups is 1. The Kier molecular flexibility index (Phi) is 5.69. The Balaban J connectivity index is 1.41. The third-order valence-electron chi connectivity index (χ3n) is 5.92. The van der Waals surface area contributed by atoms with Crippen molar-refractivity contribution >= 4 is 17.7 Å². The lowest BCUT2D eigenvalue weighted by Crippen LogP contribution is -2.49. The second-order valence-electron chi connectivity index (χ2n) is 8.15. The molecule has 2 aromatic rings. The van der Waals surface area contributed by atoms with Crippen molar-refractivity contribution in [1.82, 2.24) is 20.0 Å². The Morgan fingerprint density at radius 1 is 1.07 bits per heavy atom. The Labute approximate surface area is 171 Å². The van der Waals surface area contributed by atoms with Gasteiger partial charge in [-0.1, -0.05) is 24.4 Å². The van der Waals surface area contributed by atoms with E-state index in [9.17, 15) is 4.79 Å². The predicted molar refractivity (Wildman–Crippen MR) is 111 cm³/mol. The molecule has 29 heavy (non-hydrogen) atoms. The van der Waals surface area contributed by atoms with Crippen LogP contribution in [0.1, 0.15) is 59.6 Å². The molecule has 1 aliphatic heterocycles. The molecule has 2 aromatic heterocycles. The lowest BCUT2D eigenvalue weighted by molar-refractivity contribution is 0.0744. The maximum Gasteiger partial charge on any atom is 0.259 e. The second-order valence-corrected chi connectivity index (χ2v) is 8.15. The molecule has 156 valence electrons. The largest absolute Gasteiger partial charge is 0.361 e. The molecule has 3 heterocycles. The average Bonchev–Trinajstić information content (AvgIpc) is 3.06. The molecule has 0 unspecified atom stereocenters. The van der Waals surface area contributed by atoms with Gasteiger partial charge in [-0.15, -0.1) is 0 Å². The third kappa shape index (κ3) is 4.36. The number of anilines is 2. The maximum atomic E-state index is 12.8. The zero-order chi connectivity index (χ0) is 20.4. The van der Waals surface area contributed by atoms with E-state index in [1.165, 1.54) is 32.1 Å². The Hall–Kier alpha value is -2.64. The molecule has 0 atom stereocenters. The van der Waals surface area contributed by atoms with Crippen LogP contribution < -0.4 is 10.2 Å². The standard InChI is InChI=1S/C21H30N6O2/c1-14-13-18(24-21(22-14)23-17-7-5-4-6-8-17)26-9-11-27(12-10-26)20(28)19-15(2)25-29-16(19)3/h13,17H,4-12H2,1-3H3,(H,22,23,24). The summed E-state index contributed by atoms with van der Waals surface area (Å²) in [6.45, 7) is 8.39. The fraction of sp³-hybridized carbons (Fsp3) is 0.619. The highest BCUT2D eigenvalue weighted by Gasteiger charge is 2.27.